The molecule has 1 amide bonds. The van der Waals surface area contributed by atoms with Crippen LogP contribution in [0.2, 0.25) is 0 Å². The van der Waals surface area contributed by atoms with Gasteiger partial charge in [-0.1, -0.05) is 17.3 Å². The van der Waals surface area contributed by atoms with Crippen molar-refractivity contribution in [2.24, 2.45) is 0 Å². The number of carboxylic acids is 1. The number of hydrogen-bond acceptors (Lipinski definition) is 11. The summed E-state index contributed by atoms with van der Waals surface area (Å²) in [5.41, 5.74) is 6.19. The van der Waals surface area contributed by atoms with Gasteiger partial charge in [0.2, 0.25) is 0 Å². The van der Waals surface area contributed by atoms with Gasteiger partial charge in [-0.3, -0.25) is 14.2 Å². The predicted molar refractivity (Wildman–Crippen MR) is 164 cm³/mol. The van der Waals surface area contributed by atoms with E-state index in [0.717, 1.165) is 11.3 Å². The molecule has 0 unspecified atom stereocenters. The molecule has 0 bridgehead atoms. The van der Waals surface area contributed by atoms with Gasteiger partial charge in [0, 0.05) is 29.0 Å². The normalized spacial score (nSPS) is 11.1. The molecule has 0 aliphatic heterocycles. The van der Waals surface area contributed by atoms with Crippen LogP contribution in [0.5, 0.6) is 0 Å². The van der Waals surface area contributed by atoms with Crippen LogP contribution in [-0.2, 0) is 20.0 Å². The number of anilines is 4. The fourth-order valence-corrected chi connectivity index (χ4v) is 6.26. The summed E-state index contributed by atoms with van der Waals surface area (Å²) in [6, 6.07) is 18.7. The van der Waals surface area contributed by atoms with E-state index in [2.05, 4.69) is 24.9 Å². The molecule has 6 N–H and O–H groups in total. The molecule has 5 aromatic rings. The zero-order chi connectivity index (χ0) is 31.9. The lowest BCUT2D eigenvalue weighted by Crippen LogP contribution is -2.16. The molecule has 3 aromatic carbocycles. The number of carbonyl (C=O) groups is 2. The average Bonchev–Trinajstić information content (AvgIpc) is 3.64. The van der Waals surface area contributed by atoms with Crippen molar-refractivity contribution in [1.82, 2.24) is 10.1 Å². The standard InChI is InChI=1S/C17H13N3O5S2.C10H11N3O3S/c21-15(13-3-1-2-4-14(13)16(22)23)19-11-5-7-12(8-6-11)27(24,25)20-17-18-9-10-26-17;1-7-6-10(12-16-7)13-17(14,15)9-4-2-8(11)3-5-9/h1-10H,(H,18,20)(H,19,21)(H,22,23);2-6H,11H2,1H3,(H,12,13). The fraction of sp³-hybridized carbons (Fsp3) is 0.0370. The first kappa shape index (κ1) is 31.7. The van der Waals surface area contributed by atoms with Gasteiger partial charge in [-0.05, 0) is 67.6 Å². The maximum atomic E-state index is 12.3. The maximum absolute atomic E-state index is 12.3. The first-order chi connectivity index (χ1) is 20.8. The number of thiazole rings is 1. The summed E-state index contributed by atoms with van der Waals surface area (Å²) in [6.45, 7) is 1.67. The number of sulfonamides is 2. The van der Waals surface area contributed by atoms with Gasteiger partial charge in [0.15, 0.2) is 10.9 Å². The van der Waals surface area contributed by atoms with Gasteiger partial charge in [0.1, 0.15) is 5.76 Å². The van der Waals surface area contributed by atoms with Gasteiger partial charge < -0.3 is 20.7 Å². The van der Waals surface area contributed by atoms with Crippen LogP contribution in [0.25, 0.3) is 0 Å². The van der Waals surface area contributed by atoms with Crippen LogP contribution in [0.4, 0.5) is 22.3 Å². The predicted octanol–water partition coefficient (Wildman–Crippen LogP) is 4.26. The number of nitrogens with one attached hydrogen (secondary N) is 3. The number of amides is 1. The molecule has 14 nitrogen and oxygen atoms in total. The van der Waals surface area contributed by atoms with Gasteiger partial charge in [0.25, 0.3) is 26.0 Å². The Morgan fingerprint density at radius 2 is 1.45 bits per heavy atom. The molecule has 0 saturated heterocycles. The third kappa shape index (κ3) is 8.18. The molecule has 17 heteroatoms. The number of nitrogens with zero attached hydrogens (tertiary/aromatic N) is 2. The summed E-state index contributed by atoms with van der Waals surface area (Å²) in [5, 5.41) is 17.2. The number of aromatic nitrogens is 2. The van der Waals surface area contributed by atoms with Crippen LogP contribution >= 0.6 is 11.3 Å². The van der Waals surface area contributed by atoms with Crippen molar-refractivity contribution in [1.29, 1.82) is 0 Å². The molecule has 0 atom stereocenters. The Balaban J connectivity index is 0.000000223. The zero-order valence-corrected chi connectivity index (χ0v) is 25.1. The van der Waals surface area contributed by atoms with Crippen molar-refractivity contribution < 1.29 is 36.1 Å². The summed E-state index contributed by atoms with van der Waals surface area (Å²) in [6.07, 6.45) is 1.48. The Morgan fingerprint density at radius 3 is 2.00 bits per heavy atom. The number of hydrogen-bond donors (Lipinski definition) is 5. The second-order valence-corrected chi connectivity index (χ2v) is 13.0. The quantitative estimate of drug-likeness (QED) is 0.141. The first-order valence-electron chi connectivity index (χ1n) is 12.3. The molecule has 2 aromatic heterocycles. The van der Waals surface area contributed by atoms with Crippen LogP contribution in [0, 0.1) is 6.92 Å². The highest BCUT2D eigenvalue weighted by molar-refractivity contribution is 7.93. The van der Waals surface area contributed by atoms with E-state index >= 15 is 0 Å². The van der Waals surface area contributed by atoms with E-state index in [9.17, 15) is 26.4 Å². The van der Waals surface area contributed by atoms with Crippen molar-refractivity contribution in [3.05, 3.63) is 107 Å². The molecule has 228 valence electrons. The van der Waals surface area contributed by atoms with Crippen molar-refractivity contribution in [3.63, 3.8) is 0 Å². The average molecular weight is 657 g/mol. The number of nitrogen functional groups attached to an aromatic ring is 1. The number of carboxylic acid groups (broad SMARTS) is 1. The lowest BCUT2D eigenvalue weighted by atomic mass is 10.1. The SMILES string of the molecule is Cc1cc(NS(=O)(=O)c2ccc(N)cc2)no1.O=C(O)c1ccccc1C(=O)Nc1ccc(S(=O)(=O)Nc2nccs2)cc1. The number of carbonyl (C=O) groups excluding carboxylic acids is 1. The number of aromatic carboxylic acids is 1. The van der Waals surface area contributed by atoms with E-state index < -0.39 is 31.9 Å². The summed E-state index contributed by atoms with van der Waals surface area (Å²) in [7, 11) is -7.44. The molecular weight excluding hydrogens is 633 g/mol. The molecule has 2 heterocycles. The van der Waals surface area contributed by atoms with E-state index in [1.807, 2.05) is 0 Å². The van der Waals surface area contributed by atoms with Crippen LogP contribution in [0.15, 0.2) is 105 Å². The summed E-state index contributed by atoms with van der Waals surface area (Å²) in [4.78, 5) is 27.5. The second kappa shape index (κ2) is 13.4. The molecule has 5 rings (SSSR count). The highest BCUT2D eigenvalue weighted by atomic mass is 32.2. The van der Waals surface area contributed by atoms with E-state index in [-0.39, 0.29) is 31.9 Å². The topological polar surface area (TPSA) is 224 Å². The summed E-state index contributed by atoms with van der Waals surface area (Å²) in [5.74, 6) is -1.14. The molecule has 0 spiro atoms. The zero-order valence-electron chi connectivity index (χ0n) is 22.7. The Morgan fingerprint density at radius 1 is 0.864 bits per heavy atom. The molecule has 0 fully saturated rings. The third-order valence-electron chi connectivity index (χ3n) is 5.54. The Labute approximate surface area is 255 Å². The van der Waals surface area contributed by atoms with Crippen LogP contribution < -0.4 is 20.5 Å². The molecular formula is C27H24N6O8S3. The highest BCUT2D eigenvalue weighted by Crippen LogP contribution is 2.21. The van der Waals surface area contributed by atoms with Gasteiger partial charge in [-0.25, -0.2) is 26.6 Å². The number of aryl methyl sites for hydroxylation is 1. The summed E-state index contributed by atoms with van der Waals surface area (Å²) < 4.78 is 57.7. The van der Waals surface area contributed by atoms with Crippen LogP contribution in [0.3, 0.4) is 0 Å². The fourth-order valence-electron chi connectivity index (χ4n) is 3.49. The van der Waals surface area contributed by atoms with E-state index in [4.69, 9.17) is 15.4 Å². The van der Waals surface area contributed by atoms with Gasteiger partial charge >= 0.3 is 5.97 Å². The van der Waals surface area contributed by atoms with Crippen molar-refractivity contribution in [2.75, 3.05) is 20.5 Å². The Hall–Kier alpha value is -5.26. The molecule has 0 saturated carbocycles. The van der Waals surface area contributed by atoms with Crippen molar-refractivity contribution in [3.8, 4) is 0 Å². The number of nitrogens with two attached hydrogens (primary N) is 1. The Kier molecular flexibility index (Phi) is 9.62. The smallest absolute Gasteiger partial charge is 0.336 e. The number of benzene rings is 3. The lowest BCUT2D eigenvalue weighted by molar-refractivity contribution is 0.0692. The molecule has 44 heavy (non-hydrogen) atoms. The van der Waals surface area contributed by atoms with Gasteiger partial charge in [0.05, 0.1) is 20.9 Å². The van der Waals surface area contributed by atoms with E-state index in [1.165, 1.54) is 79.0 Å². The Bertz CT molecular complexity index is 1980. The minimum absolute atomic E-state index is 0.00151. The number of rotatable bonds is 9. The monoisotopic (exact) mass is 656 g/mol. The van der Waals surface area contributed by atoms with E-state index in [1.54, 1.807) is 18.4 Å². The first-order valence-corrected chi connectivity index (χ1v) is 16.2. The van der Waals surface area contributed by atoms with Gasteiger partial charge in [-0.15, -0.1) is 11.3 Å². The van der Waals surface area contributed by atoms with Gasteiger partial charge in [-0.2, -0.15) is 0 Å². The molecule has 0 aliphatic rings. The minimum Gasteiger partial charge on any atom is -0.478 e. The van der Waals surface area contributed by atoms with Crippen LogP contribution in [-0.4, -0.2) is 44.0 Å². The molecule has 0 radical (unpaired) electrons. The second-order valence-electron chi connectivity index (χ2n) is 8.77. The minimum atomic E-state index is -3.79. The highest BCUT2D eigenvalue weighted by Gasteiger charge is 2.18. The maximum Gasteiger partial charge on any atom is 0.336 e. The van der Waals surface area contributed by atoms with Crippen molar-refractivity contribution in [2.45, 2.75) is 16.7 Å². The van der Waals surface area contributed by atoms with E-state index in [0.29, 0.717) is 17.1 Å². The van der Waals surface area contributed by atoms with Crippen molar-refractivity contribution >= 4 is 65.6 Å². The lowest BCUT2D eigenvalue weighted by Gasteiger charge is -2.09. The van der Waals surface area contributed by atoms with Crippen LogP contribution in [0.1, 0.15) is 26.5 Å². The summed E-state index contributed by atoms with van der Waals surface area (Å²) >= 11 is 1.15. The molecule has 0 aliphatic carbocycles. The third-order valence-corrected chi connectivity index (χ3v) is 9.08. The largest absolute Gasteiger partial charge is 0.478 e.